The first-order valence-electron chi connectivity index (χ1n) is 32.8. The van der Waals surface area contributed by atoms with Gasteiger partial charge in [0, 0.05) is 19.3 Å². The summed E-state index contributed by atoms with van der Waals surface area (Å²) in [6, 6.07) is 0. The highest BCUT2D eigenvalue weighted by Gasteiger charge is 2.19. The zero-order valence-electron chi connectivity index (χ0n) is 52.4. The molecule has 0 rings (SSSR count). The van der Waals surface area contributed by atoms with Crippen molar-refractivity contribution in [1.82, 2.24) is 0 Å². The maximum atomic E-state index is 12.9. The lowest BCUT2D eigenvalue weighted by atomic mass is 10.1. The Hall–Kier alpha value is -5.49. The molecule has 0 bridgehead atoms. The highest BCUT2D eigenvalue weighted by Crippen LogP contribution is 2.13. The zero-order valence-corrected chi connectivity index (χ0v) is 52.4. The molecule has 0 aromatic heterocycles. The summed E-state index contributed by atoms with van der Waals surface area (Å²) in [5.41, 5.74) is 0. The minimum atomic E-state index is -0.818. The number of allylic oxidation sites excluding steroid dienone is 30. The number of carbonyl (C=O) groups is 3. The predicted octanol–water partition coefficient (Wildman–Crippen LogP) is 22.8. The second kappa shape index (κ2) is 68.0. The fourth-order valence-corrected chi connectivity index (χ4v) is 8.28. The Morgan fingerprint density at radius 1 is 0.256 bits per heavy atom. The van der Waals surface area contributed by atoms with Crippen LogP contribution in [-0.4, -0.2) is 37.2 Å². The summed E-state index contributed by atoms with van der Waals surface area (Å²) in [6.45, 7) is 6.32. The van der Waals surface area contributed by atoms with E-state index in [0.717, 1.165) is 186 Å². The zero-order chi connectivity index (χ0) is 59.2. The molecule has 0 aliphatic rings. The SMILES string of the molecule is CC/C=C\C/C=C\C/C=C\C/C=C\C/C=C\C/C=C\C/C=C\C/C=C\C/C=C\C/C=C\CCCCCCC(=O)OCC(COC(=O)CCCCC/C=C\C/C=C\C/C=C\CC)OC(=O)CCCCCCC/C=C\C/C=C\CCCCCC. The number of ether oxygens (including phenoxy) is 3. The minimum Gasteiger partial charge on any atom is -0.462 e. The molecule has 0 spiro atoms. The van der Waals surface area contributed by atoms with Crippen molar-refractivity contribution in [3.63, 3.8) is 0 Å². The van der Waals surface area contributed by atoms with Crippen LogP contribution in [0, 0.1) is 0 Å². The molecule has 0 aliphatic carbocycles. The number of carbonyl (C=O) groups excluding carboxylic acids is 3. The van der Waals surface area contributed by atoms with Crippen LogP contribution in [0.5, 0.6) is 0 Å². The minimum absolute atomic E-state index is 0.115. The van der Waals surface area contributed by atoms with Gasteiger partial charge in [0.1, 0.15) is 13.2 Å². The van der Waals surface area contributed by atoms with Crippen LogP contribution in [0.1, 0.15) is 258 Å². The van der Waals surface area contributed by atoms with E-state index in [0.29, 0.717) is 19.3 Å². The summed E-state index contributed by atoms with van der Waals surface area (Å²) in [7, 11) is 0. The predicted molar refractivity (Wildman–Crippen MR) is 357 cm³/mol. The van der Waals surface area contributed by atoms with Gasteiger partial charge in [-0.1, -0.05) is 261 Å². The maximum Gasteiger partial charge on any atom is 0.306 e. The van der Waals surface area contributed by atoms with Crippen molar-refractivity contribution in [2.45, 2.75) is 264 Å². The number of unbranched alkanes of at least 4 members (excludes halogenated alkanes) is 16. The monoisotopic (exact) mass is 1130 g/mol. The molecule has 0 heterocycles. The molecule has 82 heavy (non-hydrogen) atoms. The highest BCUT2D eigenvalue weighted by atomic mass is 16.6. The van der Waals surface area contributed by atoms with Gasteiger partial charge in [-0.3, -0.25) is 14.4 Å². The standard InChI is InChI=1S/C76H118O6/c1-4-7-10-13-16-19-22-25-27-29-30-31-32-33-34-35-36-37-38-39-40-41-42-43-44-45-46-47-49-51-54-57-60-63-66-69-75(78)81-72-73(71-80-74(77)68-65-62-59-56-53-50-24-21-18-15-12-9-6-3)82-76(79)70-67-64-61-58-55-52-48-28-26-23-20-17-14-11-8-5-2/h7,9-10,12,16,18-21,23,25,27-28,30-31,33-34,36-37,39-40,42-43,45-46,48-51,53,73H,4-6,8,11,13-15,17,22,24,26,29,32,35,38,41,44,47,52,54-72H2,1-3H3/b10-7-,12-9-,19-16-,21-18-,23-20-,27-25-,31-30-,34-33-,37-36-,40-39-,43-42-,46-45-,48-28-,51-49-,53-50-. The third-order valence-corrected chi connectivity index (χ3v) is 13.1. The molecule has 0 amide bonds. The van der Waals surface area contributed by atoms with Gasteiger partial charge >= 0.3 is 17.9 Å². The molecule has 0 aromatic rings. The Kier molecular flexibility index (Phi) is 63.5. The van der Waals surface area contributed by atoms with Crippen LogP contribution >= 0.6 is 0 Å². The van der Waals surface area contributed by atoms with Crippen LogP contribution in [0.4, 0.5) is 0 Å². The molecule has 0 aliphatic heterocycles. The molecule has 1 unspecified atom stereocenters. The number of hydrogen-bond donors (Lipinski definition) is 0. The molecule has 6 nitrogen and oxygen atoms in total. The van der Waals surface area contributed by atoms with Gasteiger partial charge in [-0.05, 0) is 161 Å². The number of esters is 3. The van der Waals surface area contributed by atoms with E-state index in [1.807, 2.05) is 0 Å². The van der Waals surface area contributed by atoms with Crippen LogP contribution in [0.15, 0.2) is 182 Å². The van der Waals surface area contributed by atoms with Crippen molar-refractivity contribution in [2.75, 3.05) is 13.2 Å². The summed E-state index contributed by atoms with van der Waals surface area (Å²) in [4.78, 5) is 38.3. The Balaban J connectivity index is 4.38. The molecule has 0 N–H and O–H groups in total. The van der Waals surface area contributed by atoms with E-state index in [9.17, 15) is 14.4 Å². The van der Waals surface area contributed by atoms with Crippen molar-refractivity contribution in [3.8, 4) is 0 Å². The smallest absolute Gasteiger partial charge is 0.306 e. The van der Waals surface area contributed by atoms with E-state index >= 15 is 0 Å². The van der Waals surface area contributed by atoms with E-state index in [-0.39, 0.29) is 31.1 Å². The Bertz CT molecular complexity index is 1920. The first-order chi connectivity index (χ1) is 40.5. The second-order valence-electron chi connectivity index (χ2n) is 20.9. The molecule has 6 heteroatoms. The van der Waals surface area contributed by atoms with Crippen molar-refractivity contribution in [2.24, 2.45) is 0 Å². The largest absolute Gasteiger partial charge is 0.462 e. The maximum absolute atomic E-state index is 12.9. The summed E-state index contributed by atoms with van der Waals surface area (Å²) in [6.07, 6.45) is 102. The van der Waals surface area contributed by atoms with Crippen LogP contribution in [-0.2, 0) is 28.6 Å². The first kappa shape index (κ1) is 76.5. The molecule has 0 saturated heterocycles. The molecular formula is C76H118O6. The van der Waals surface area contributed by atoms with Gasteiger partial charge in [0.25, 0.3) is 0 Å². The van der Waals surface area contributed by atoms with Gasteiger partial charge in [0.05, 0.1) is 0 Å². The molecule has 1 atom stereocenters. The third kappa shape index (κ3) is 65.3. The van der Waals surface area contributed by atoms with E-state index in [4.69, 9.17) is 14.2 Å². The summed E-state index contributed by atoms with van der Waals surface area (Å²) in [5, 5.41) is 0. The third-order valence-electron chi connectivity index (χ3n) is 13.1. The molecule has 0 fully saturated rings. The van der Waals surface area contributed by atoms with Crippen LogP contribution in [0.25, 0.3) is 0 Å². The topological polar surface area (TPSA) is 78.9 Å². The van der Waals surface area contributed by atoms with Crippen molar-refractivity contribution in [3.05, 3.63) is 182 Å². The molecule has 0 aromatic carbocycles. The lowest BCUT2D eigenvalue weighted by Crippen LogP contribution is -2.30. The lowest BCUT2D eigenvalue weighted by Gasteiger charge is -2.18. The molecule has 0 radical (unpaired) electrons. The average molecular weight is 1130 g/mol. The summed E-state index contributed by atoms with van der Waals surface area (Å²) in [5.74, 6) is -0.988. The number of rotatable bonds is 57. The fraction of sp³-hybridized carbons (Fsp3) is 0.566. The van der Waals surface area contributed by atoms with Gasteiger partial charge < -0.3 is 14.2 Å². The molecule has 458 valence electrons. The Morgan fingerprint density at radius 2 is 0.476 bits per heavy atom. The quantitative estimate of drug-likeness (QED) is 0.0261. The molecular weight excluding hydrogens is 1010 g/mol. The van der Waals surface area contributed by atoms with Crippen molar-refractivity contribution >= 4 is 17.9 Å². The van der Waals surface area contributed by atoms with E-state index < -0.39 is 6.10 Å². The highest BCUT2D eigenvalue weighted by molar-refractivity contribution is 5.71. The molecule has 0 saturated carbocycles. The first-order valence-corrected chi connectivity index (χ1v) is 32.8. The van der Waals surface area contributed by atoms with Gasteiger partial charge in [-0.25, -0.2) is 0 Å². The van der Waals surface area contributed by atoms with Gasteiger partial charge in [-0.2, -0.15) is 0 Å². The number of hydrogen-bond acceptors (Lipinski definition) is 6. The van der Waals surface area contributed by atoms with E-state index in [1.165, 1.54) is 32.1 Å². The Morgan fingerprint density at radius 3 is 0.756 bits per heavy atom. The average Bonchev–Trinajstić information content (AvgIpc) is 3.47. The van der Waals surface area contributed by atoms with Crippen LogP contribution in [0.3, 0.4) is 0 Å². The summed E-state index contributed by atoms with van der Waals surface area (Å²) < 4.78 is 16.8. The summed E-state index contributed by atoms with van der Waals surface area (Å²) >= 11 is 0. The normalized spacial score (nSPS) is 13.4. The van der Waals surface area contributed by atoms with Crippen molar-refractivity contribution < 1.29 is 28.6 Å². The van der Waals surface area contributed by atoms with E-state index in [2.05, 4.69) is 203 Å². The second-order valence-corrected chi connectivity index (χ2v) is 20.9. The lowest BCUT2D eigenvalue weighted by molar-refractivity contribution is -0.167. The Labute approximate surface area is 504 Å². The van der Waals surface area contributed by atoms with Crippen molar-refractivity contribution in [1.29, 1.82) is 0 Å². The fourth-order valence-electron chi connectivity index (χ4n) is 8.28. The van der Waals surface area contributed by atoms with Gasteiger partial charge in [0.2, 0.25) is 0 Å². The van der Waals surface area contributed by atoms with Crippen LogP contribution in [0.2, 0.25) is 0 Å². The van der Waals surface area contributed by atoms with Crippen LogP contribution < -0.4 is 0 Å². The van der Waals surface area contributed by atoms with Gasteiger partial charge in [-0.15, -0.1) is 0 Å². The van der Waals surface area contributed by atoms with Gasteiger partial charge in [0.15, 0.2) is 6.10 Å². The van der Waals surface area contributed by atoms with E-state index in [1.54, 1.807) is 0 Å².